The van der Waals surface area contributed by atoms with Crippen LogP contribution in [0.3, 0.4) is 0 Å². The molecule has 0 atom stereocenters. The van der Waals surface area contributed by atoms with Gasteiger partial charge < -0.3 is 4.98 Å². The number of halogens is 1. The summed E-state index contributed by atoms with van der Waals surface area (Å²) in [5.41, 5.74) is 5.80. The van der Waals surface area contributed by atoms with Gasteiger partial charge in [0.1, 0.15) is 16.9 Å². The number of pyridine rings is 1. The average Bonchev–Trinajstić information content (AvgIpc) is 3.51. The van der Waals surface area contributed by atoms with Crippen molar-refractivity contribution in [2.24, 2.45) is 0 Å². The number of benzene rings is 1. The maximum Gasteiger partial charge on any atom is 0.177 e. The lowest BCUT2D eigenvalue weighted by Crippen LogP contribution is -1.83. The summed E-state index contributed by atoms with van der Waals surface area (Å²) in [4.78, 5) is 13.2. The largest absolute Gasteiger partial charge is 0.336 e. The second-order valence-corrected chi connectivity index (χ2v) is 7.60. The Morgan fingerprint density at radius 2 is 1.93 bits per heavy atom. The minimum atomic E-state index is -0.250. The van der Waals surface area contributed by atoms with Gasteiger partial charge in [-0.3, -0.25) is 15.2 Å². The predicted octanol–water partition coefficient (Wildman–Crippen LogP) is 4.76. The van der Waals surface area contributed by atoms with Gasteiger partial charge >= 0.3 is 0 Å². The number of aromatic nitrogens is 7. The van der Waals surface area contributed by atoms with Gasteiger partial charge in [-0.15, -0.1) is 11.3 Å². The fraction of sp³-hybridized carbons (Fsp3) is 0. The topological polar surface area (TPSA) is 98.9 Å². The van der Waals surface area contributed by atoms with Gasteiger partial charge in [-0.05, 0) is 35.9 Å². The second kappa shape index (κ2) is 6.08. The van der Waals surface area contributed by atoms with E-state index >= 15 is 0 Å². The van der Waals surface area contributed by atoms with Crippen LogP contribution in [0.15, 0.2) is 55.0 Å². The molecule has 0 aliphatic heterocycles. The molecule has 140 valence electrons. The fourth-order valence-corrected chi connectivity index (χ4v) is 4.18. The van der Waals surface area contributed by atoms with Gasteiger partial charge in [0.25, 0.3) is 0 Å². The number of nitrogens with one attached hydrogen (secondary N) is 3. The van der Waals surface area contributed by atoms with Crippen LogP contribution in [0.2, 0.25) is 0 Å². The van der Waals surface area contributed by atoms with Gasteiger partial charge in [0.2, 0.25) is 0 Å². The van der Waals surface area contributed by atoms with Crippen LogP contribution in [0.5, 0.6) is 0 Å². The Balaban J connectivity index is 1.53. The quantitative estimate of drug-likeness (QED) is 0.398. The summed E-state index contributed by atoms with van der Waals surface area (Å²) in [7, 11) is 0. The van der Waals surface area contributed by atoms with Crippen LogP contribution >= 0.6 is 11.3 Å². The highest BCUT2D eigenvalue weighted by Crippen LogP contribution is 2.34. The molecule has 0 fully saturated rings. The molecule has 5 aromatic heterocycles. The first-order valence-electron chi connectivity index (χ1n) is 8.84. The maximum atomic E-state index is 13.5. The van der Waals surface area contributed by atoms with E-state index in [-0.39, 0.29) is 5.13 Å². The molecule has 0 radical (unpaired) electrons. The highest BCUT2D eigenvalue weighted by molar-refractivity contribution is 7.13. The first kappa shape index (κ1) is 16.1. The summed E-state index contributed by atoms with van der Waals surface area (Å²) >= 11 is 1.05. The number of aromatic amines is 3. The van der Waals surface area contributed by atoms with Crippen molar-refractivity contribution in [2.75, 3.05) is 0 Å². The summed E-state index contributed by atoms with van der Waals surface area (Å²) in [6.07, 6.45) is 5.32. The van der Waals surface area contributed by atoms with Gasteiger partial charge in [0.05, 0.1) is 22.1 Å². The van der Waals surface area contributed by atoms with Crippen LogP contribution in [0.1, 0.15) is 0 Å². The van der Waals surface area contributed by atoms with Crippen molar-refractivity contribution in [1.82, 2.24) is 35.3 Å². The number of rotatable bonds is 3. The third kappa shape index (κ3) is 2.55. The van der Waals surface area contributed by atoms with Gasteiger partial charge in [0, 0.05) is 23.3 Å². The third-order valence-electron chi connectivity index (χ3n) is 4.83. The molecule has 1 aromatic carbocycles. The maximum absolute atomic E-state index is 13.5. The van der Waals surface area contributed by atoms with E-state index in [1.54, 1.807) is 18.5 Å². The second-order valence-electron chi connectivity index (χ2n) is 6.56. The summed E-state index contributed by atoms with van der Waals surface area (Å²) in [5.74, 6) is 0.627. The molecule has 0 spiro atoms. The average molecular weight is 401 g/mol. The predicted molar refractivity (Wildman–Crippen MR) is 110 cm³/mol. The minimum Gasteiger partial charge on any atom is -0.336 e. The molecular formula is C20H12FN7S. The van der Waals surface area contributed by atoms with Crippen molar-refractivity contribution >= 4 is 33.3 Å². The number of imidazole rings is 1. The van der Waals surface area contributed by atoms with E-state index in [9.17, 15) is 4.39 Å². The van der Waals surface area contributed by atoms with Gasteiger partial charge in [0.15, 0.2) is 11.0 Å². The van der Waals surface area contributed by atoms with E-state index < -0.39 is 0 Å². The molecule has 6 aromatic rings. The van der Waals surface area contributed by atoms with Crippen LogP contribution in [-0.4, -0.2) is 35.3 Å². The number of fused-ring (bicyclic) bond motifs is 2. The van der Waals surface area contributed by atoms with Crippen LogP contribution < -0.4 is 0 Å². The Morgan fingerprint density at radius 3 is 2.76 bits per heavy atom. The smallest absolute Gasteiger partial charge is 0.177 e. The Bertz CT molecular complexity index is 1480. The van der Waals surface area contributed by atoms with Crippen molar-refractivity contribution in [3.05, 3.63) is 60.1 Å². The number of H-pyrrole nitrogens is 3. The summed E-state index contributed by atoms with van der Waals surface area (Å²) < 4.78 is 13.5. The standard InChI is InChI=1S/C20H12FN7S/c21-16-4-3-15(29-16)19-18-14(5-6-22-19)25-20(26-18)17-12-7-10(11-8-23-24-9-11)1-2-13(12)27-28-17/h1-9H,(H,23,24)(H,25,26)(H,27,28). The number of hydrogen-bond acceptors (Lipinski definition) is 5. The normalized spacial score (nSPS) is 11.6. The molecule has 0 aliphatic rings. The molecule has 5 heterocycles. The molecule has 3 N–H and O–H groups in total. The Morgan fingerprint density at radius 1 is 0.966 bits per heavy atom. The first-order chi connectivity index (χ1) is 14.3. The zero-order valence-electron chi connectivity index (χ0n) is 14.8. The highest BCUT2D eigenvalue weighted by atomic mass is 32.1. The summed E-state index contributed by atoms with van der Waals surface area (Å²) in [6, 6.07) is 11.1. The molecule has 7 nitrogen and oxygen atoms in total. The van der Waals surface area contributed by atoms with Crippen LogP contribution in [-0.2, 0) is 0 Å². The lowest BCUT2D eigenvalue weighted by atomic mass is 10.1. The SMILES string of the molecule is Fc1ccc(-c2nccc3[nH]c(-c4n[nH]c5ccc(-c6cn[nH]c6)cc45)nc23)s1. The van der Waals surface area contributed by atoms with Crippen LogP contribution in [0.4, 0.5) is 4.39 Å². The summed E-state index contributed by atoms with van der Waals surface area (Å²) in [5, 5.41) is 15.1. The highest BCUT2D eigenvalue weighted by Gasteiger charge is 2.17. The van der Waals surface area contributed by atoms with Crippen LogP contribution in [0, 0.1) is 5.13 Å². The third-order valence-corrected chi connectivity index (χ3v) is 5.71. The van der Waals surface area contributed by atoms with Crippen molar-refractivity contribution < 1.29 is 4.39 Å². The summed E-state index contributed by atoms with van der Waals surface area (Å²) in [6.45, 7) is 0. The van der Waals surface area contributed by atoms with E-state index in [1.807, 2.05) is 24.4 Å². The van der Waals surface area contributed by atoms with E-state index in [0.29, 0.717) is 22.7 Å². The number of nitrogens with zero attached hydrogens (tertiary/aromatic N) is 4. The molecule has 0 saturated carbocycles. The fourth-order valence-electron chi connectivity index (χ4n) is 3.45. The van der Waals surface area contributed by atoms with E-state index in [0.717, 1.165) is 43.8 Å². The van der Waals surface area contributed by atoms with Gasteiger partial charge in [-0.2, -0.15) is 14.6 Å². The lowest BCUT2D eigenvalue weighted by Gasteiger charge is -1.98. The van der Waals surface area contributed by atoms with Crippen molar-refractivity contribution in [2.45, 2.75) is 0 Å². The van der Waals surface area contributed by atoms with Gasteiger partial charge in [-0.25, -0.2) is 4.98 Å². The number of thiophene rings is 1. The van der Waals surface area contributed by atoms with E-state index in [1.165, 1.54) is 6.07 Å². The molecule has 9 heteroatoms. The molecule has 29 heavy (non-hydrogen) atoms. The number of hydrogen-bond donors (Lipinski definition) is 3. The van der Waals surface area contributed by atoms with Crippen LogP contribution in [0.25, 0.3) is 55.2 Å². The molecule has 0 aliphatic carbocycles. The van der Waals surface area contributed by atoms with Crippen molar-refractivity contribution in [1.29, 1.82) is 0 Å². The van der Waals surface area contributed by atoms with Gasteiger partial charge in [-0.1, -0.05) is 6.07 Å². The molecule has 0 bridgehead atoms. The van der Waals surface area contributed by atoms with Crippen molar-refractivity contribution in [3.8, 4) is 33.2 Å². The molecule has 0 saturated heterocycles. The molecule has 0 amide bonds. The molecule has 6 rings (SSSR count). The molecule has 0 unspecified atom stereocenters. The lowest BCUT2D eigenvalue weighted by molar-refractivity contribution is 0.657. The molecular weight excluding hydrogens is 389 g/mol. The van der Waals surface area contributed by atoms with E-state index in [2.05, 4.69) is 36.4 Å². The zero-order valence-corrected chi connectivity index (χ0v) is 15.6. The first-order valence-corrected chi connectivity index (χ1v) is 9.66. The monoisotopic (exact) mass is 401 g/mol. The Kier molecular flexibility index (Phi) is 3.38. The Hall–Kier alpha value is -3.85. The minimum absolute atomic E-state index is 0.250. The van der Waals surface area contributed by atoms with E-state index in [4.69, 9.17) is 4.98 Å². The van der Waals surface area contributed by atoms with Crippen molar-refractivity contribution in [3.63, 3.8) is 0 Å². The Labute approximate surface area is 166 Å². The zero-order chi connectivity index (χ0) is 19.4.